The lowest BCUT2D eigenvalue weighted by molar-refractivity contribution is -0.162. The second-order valence-electron chi connectivity index (χ2n) is 6.27. The number of rotatable bonds is 4. The fourth-order valence-corrected chi connectivity index (χ4v) is 3.08. The number of nitrogens with one attached hydrogen (secondary N) is 1. The molecule has 1 N–H and O–H groups in total. The zero-order valence-corrected chi connectivity index (χ0v) is 14.6. The highest BCUT2D eigenvalue weighted by molar-refractivity contribution is 5.86. The van der Waals surface area contributed by atoms with Crippen LogP contribution < -0.4 is 5.32 Å². The molecular formula is C19H22N2O4. The van der Waals surface area contributed by atoms with Gasteiger partial charge in [0.05, 0.1) is 12.6 Å². The van der Waals surface area contributed by atoms with Crippen LogP contribution in [0.5, 0.6) is 0 Å². The largest absolute Gasteiger partial charge is 0.465 e. The SMILES string of the molecule is Cc1ccc(CNC(=O)[C@H]2OCC(=O)N(C)[C@@H]2c2ccccc2C)o1. The Hall–Kier alpha value is -2.60. The molecule has 1 aromatic carbocycles. The third kappa shape index (κ3) is 3.58. The molecule has 3 rings (SSSR count). The van der Waals surface area contributed by atoms with Crippen LogP contribution in [0.3, 0.4) is 0 Å². The van der Waals surface area contributed by atoms with E-state index in [-0.39, 0.29) is 25.0 Å². The van der Waals surface area contributed by atoms with E-state index in [1.807, 2.05) is 50.2 Å². The highest BCUT2D eigenvalue weighted by Gasteiger charge is 2.40. The van der Waals surface area contributed by atoms with Gasteiger partial charge < -0.3 is 19.4 Å². The number of carbonyl (C=O) groups excluding carboxylic acids is 2. The van der Waals surface area contributed by atoms with Crippen molar-refractivity contribution in [2.75, 3.05) is 13.7 Å². The third-order valence-electron chi connectivity index (χ3n) is 4.48. The molecule has 1 saturated heterocycles. The number of nitrogens with zero attached hydrogens (tertiary/aromatic N) is 1. The lowest BCUT2D eigenvalue weighted by Gasteiger charge is -2.38. The topological polar surface area (TPSA) is 71.8 Å². The summed E-state index contributed by atoms with van der Waals surface area (Å²) in [6, 6.07) is 10.9. The fourth-order valence-electron chi connectivity index (χ4n) is 3.08. The summed E-state index contributed by atoms with van der Waals surface area (Å²) in [5, 5.41) is 2.84. The molecule has 1 fully saturated rings. The summed E-state index contributed by atoms with van der Waals surface area (Å²) in [6.45, 7) is 3.99. The molecule has 1 aliphatic heterocycles. The van der Waals surface area contributed by atoms with Gasteiger partial charge in [-0.25, -0.2) is 0 Å². The maximum Gasteiger partial charge on any atom is 0.252 e. The number of likely N-dealkylation sites (N-methyl/N-ethyl adjacent to an activating group) is 1. The van der Waals surface area contributed by atoms with Crippen molar-refractivity contribution in [2.24, 2.45) is 0 Å². The number of furan rings is 1. The third-order valence-corrected chi connectivity index (χ3v) is 4.48. The molecule has 1 aromatic heterocycles. The standard InChI is InChI=1S/C19H22N2O4/c1-12-6-4-5-7-15(12)17-18(24-11-16(22)21(17)3)19(23)20-10-14-9-8-13(2)25-14/h4-9,17-18H,10-11H2,1-3H3,(H,20,23)/t17-,18+/m1/s1. The number of amides is 2. The van der Waals surface area contributed by atoms with Crippen molar-refractivity contribution in [3.63, 3.8) is 0 Å². The Bertz CT molecular complexity index is 783. The first kappa shape index (κ1) is 17.2. The highest BCUT2D eigenvalue weighted by atomic mass is 16.5. The average molecular weight is 342 g/mol. The van der Waals surface area contributed by atoms with Gasteiger partial charge in [0.15, 0.2) is 6.10 Å². The monoisotopic (exact) mass is 342 g/mol. The maximum absolute atomic E-state index is 12.7. The summed E-state index contributed by atoms with van der Waals surface area (Å²) < 4.78 is 11.1. The summed E-state index contributed by atoms with van der Waals surface area (Å²) in [6.07, 6.45) is -0.764. The highest BCUT2D eigenvalue weighted by Crippen LogP contribution is 2.31. The minimum atomic E-state index is -0.764. The molecule has 6 heteroatoms. The summed E-state index contributed by atoms with van der Waals surface area (Å²) in [7, 11) is 1.71. The van der Waals surface area contributed by atoms with Crippen molar-refractivity contribution < 1.29 is 18.7 Å². The van der Waals surface area contributed by atoms with E-state index in [2.05, 4.69) is 5.32 Å². The number of hydrogen-bond acceptors (Lipinski definition) is 4. The van der Waals surface area contributed by atoms with Crippen LogP contribution in [0.15, 0.2) is 40.8 Å². The maximum atomic E-state index is 12.7. The Morgan fingerprint density at radius 3 is 2.68 bits per heavy atom. The molecule has 132 valence electrons. The van der Waals surface area contributed by atoms with Gasteiger partial charge in [-0.2, -0.15) is 0 Å². The Kier molecular flexibility index (Phi) is 4.90. The quantitative estimate of drug-likeness (QED) is 0.924. The summed E-state index contributed by atoms with van der Waals surface area (Å²) in [5.41, 5.74) is 1.92. The van der Waals surface area contributed by atoms with E-state index in [0.717, 1.165) is 16.9 Å². The van der Waals surface area contributed by atoms with Gasteiger partial charge in [-0.15, -0.1) is 0 Å². The molecular weight excluding hydrogens is 320 g/mol. The molecule has 0 unspecified atom stereocenters. The van der Waals surface area contributed by atoms with Crippen LogP contribution >= 0.6 is 0 Å². The van der Waals surface area contributed by atoms with Crippen molar-refractivity contribution in [1.29, 1.82) is 0 Å². The van der Waals surface area contributed by atoms with Gasteiger partial charge in [0, 0.05) is 7.05 Å². The lowest BCUT2D eigenvalue weighted by atomic mass is 9.94. The Morgan fingerprint density at radius 2 is 2.00 bits per heavy atom. The van der Waals surface area contributed by atoms with Crippen LogP contribution in [0.2, 0.25) is 0 Å². The van der Waals surface area contributed by atoms with Gasteiger partial charge in [-0.05, 0) is 37.1 Å². The molecule has 0 saturated carbocycles. The van der Waals surface area contributed by atoms with E-state index >= 15 is 0 Å². The van der Waals surface area contributed by atoms with Crippen LogP contribution in [0.1, 0.15) is 28.7 Å². The molecule has 2 atom stereocenters. The Balaban J connectivity index is 1.80. The summed E-state index contributed by atoms with van der Waals surface area (Å²) in [4.78, 5) is 26.4. The molecule has 2 amide bonds. The summed E-state index contributed by atoms with van der Waals surface area (Å²) >= 11 is 0. The molecule has 0 radical (unpaired) electrons. The van der Waals surface area contributed by atoms with Crippen LogP contribution in [-0.4, -0.2) is 36.5 Å². The Labute approximate surface area is 146 Å². The smallest absolute Gasteiger partial charge is 0.252 e. The number of carbonyl (C=O) groups is 2. The summed E-state index contributed by atoms with van der Waals surface area (Å²) in [5.74, 6) is 1.07. The second kappa shape index (κ2) is 7.11. The van der Waals surface area contributed by atoms with Crippen LogP contribution in [0, 0.1) is 13.8 Å². The first-order valence-electron chi connectivity index (χ1n) is 8.23. The van der Waals surface area contributed by atoms with Gasteiger partial charge >= 0.3 is 0 Å². The van der Waals surface area contributed by atoms with Crippen LogP contribution in [-0.2, 0) is 20.9 Å². The minimum absolute atomic E-state index is 0.100. The van der Waals surface area contributed by atoms with E-state index in [4.69, 9.17) is 9.15 Å². The molecule has 25 heavy (non-hydrogen) atoms. The molecule has 1 aliphatic rings. The first-order valence-corrected chi connectivity index (χ1v) is 8.23. The van der Waals surface area contributed by atoms with Crippen molar-refractivity contribution in [1.82, 2.24) is 10.2 Å². The number of aryl methyl sites for hydroxylation is 2. The second-order valence-corrected chi connectivity index (χ2v) is 6.27. The van der Waals surface area contributed by atoms with Gasteiger partial charge in [0.1, 0.15) is 18.1 Å². The number of ether oxygens (including phenoxy) is 1. The molecule has 2 aromatic rings. The molecule has 0 spiro atoms. The first-order chi connectivity index (χ1) is 12.0. The number of morpholine rings is 1. The zero-order valence-electron chi connectivity index (χ0n) is 14.6. The molecule has 6 nitrogen and oxygen atoms in total. The predicted molar refractivity (Wildman–Crippen MR) is 91.7 cm³/mol. The van der Waals surface area contributed by atoms with E-state index in [9.17, 15) is 9.59 Å². The Morgan fingerprint density at radius 1 is 1.24 bits per heavy atom. The van der Waals surface area contributed by atoms with Crippen molar-refractivity contribution in [3.05, 3.63) is 59.0 Å². The van der Waals surface area contributed by atoms with Gasteiger partial charge in [-0.3, -0.25) is 9.59 Å². The predicted octanol–water partition coefficient (Wildman–Crippen LogP) is 2.11. The number of benzene rings is 1. The van der Waals surface area contributed by atoms with Crippen molar-refractivity contribution in [2.45, 2.75) is 32.5 Å². The lowest BCUT2D eigenvalue weighted by Crippen LogP contribution is -2.53. The molecule has 0 bridgehead atoms. The van der Waals surface area contributed by atoms with Gasteiger partial charge in [-0.1, -0.05) is 24.3 Å². The van der Waals surface area contributed by atoms with E-state index in [0.29, 0.717) is 5.76 Å². The van der Waals surface area contributed by atoms with E-state index in [1.54, 1.807) is 11.9 Å². The van der Waals surface area contributed by atoms with Crippen LogP contribution in [0.25, 0.3) is 0 Å². The normalized spacial score (nSPS) is 20.6. The number of hydrogen-bond donors (Lipinski definition) is 1. The van der Waals surface area contributed by atoms with Crippen molar-refractivity contribution in [3.8, 4) is 0 Å². The van der Waals surface area contributed by atoms with Crippen molar-refractivity contribution >= 4 is 11.8 Å². The van der Waals surface area contributed by atoms with E-state index < -0.39 is 12.1 Å². The van der Waals surface area contributed by atoms with Gasteiger partial charge in [0.25, 0.3) is 5.91 Å². The van der Waals surface area contributed by atoms with Crippen LogP contribution in [0.4, 0.5) is 0 Å². The zero-order chi connectivity index (χ0) is 18.0. The molecule has 0 aliphatic carbocycles. The van der Waals surface area contributed by atoms with Gasteiger partial charge in [0.2, 0.25) is 5.91 Å². The van der Waals surface area contributed by atoms with E-state index in [1.165, 1.54) is 0 Å². The molecule has 2 heterocycles. The fraction of sp³-hybridized carbons (Fsp3) is 0.368. The average Bonchev–Trinajstić information content (AvgIpc) is 3.01. The minimum Gasteiger partial charge on any atom is -0.465 e.